The standard InChI is InChI=1S/C7H11NO/c1-4(9)7-5-2-8-3-6(5)7/h5-8H,2-3H2,1H3/t5-,6+,7?. The maximum absolute atomic E-state index is 10.8. The van der Waals surface area contributed by atoms with Crippen molar-refractivity contribution in [3.8, 4) is 0 Å². The van der Waals surface area contributed by atoms with Gasteiger partial charge in [0.05, 0.1) is 0 Å². The first kappa shape index (κ1) is 5.42. The van der Waals surface area contributed by atoms with Gasteiger partial charge in [-0.25, -0.2) is 0 Å². The van der Waals surface area contributed by atoms with Crippen LogP contribution in [0.15, 0.2) is 0 Å². The van der Waals surface area contributed by atoms with Crippen LogP contribution in [0, 0.1) is 17.8 Å². The SMILES string of the molecule is CC(=O)C1[C@H]2CNC[C@@H]12. The molecule has 1 unspecified atom stereocenters. The van der Waals surface area contributed by atoms with Crippen LogP contribution in [-0.2, 0) is 4.79 Å². The summed E-state index contributed by atoms with van der Waals surface area (Å²) in [6.45, 7) is 3.87. The quantitative estimate of drug-likeness (QED) is 0.536. The van der Waals surface area contributed by atoms with Crippen molar-refractivity contribution in [1.29, 1.82) is 0 Å². The fourth-order valence-corrected chi connectivity index (χ4v) is 2.02. The minimum Gasteiger partial charge on any atom is -0.316 e. The molecule has 2 heteroatoms. The van der Waals surface area contributed by atoms with E-state index >= 15 is 0 Å². The number of hydrogen-bond donors (Lipinski definition) is 1. The minimum absolute atomic E-state index is 0.395. The van der Waals surface area contributed by atoms with Crippen LogP contribution in [0.5, 0.6) is 0 Å². The Labute approximate surface area is 54.6 Å². The van der Waals surface area contributed by atoms with Crippen molar-refractivity contribution in [2.75, 3.05) is 13.1 Å². The molecule has 0 spiro atoms. The molecule has 0 aromatic heterocycles. The van der Waals surface area contributed by atoms with Crippen LogP contribution < -0.4 is 5.32 Å². The number of carbonyl (C=O) groups excluding carboxylic acids is 1. The number of piperidine rings is 1. The molecular formula is C7H11NO. The Bertz CT molecular complexity index is 145. The molecule has 2 aliphatic rings. The lowest BCUT2D eigenvalue weighted by Crippen LogP contribution is -2.17. The van der Waals surface area contributed by atoms with Crippen LogP contribution in [0.25, 0.3) is 0 Å². The zero-order valence-corrected chi connectivity index (χ0v) is 5.55. The summed E-state index contributed by atoms with van der Waals surface area (Å²) in [5.41, 5.74) is 0. The second-order valence-corrected chi connectivity index (χ2v) is 3.12. The average molecular weight is 125 g/mol. The third-order valence-corrected chi connectivity index (χ3v) is 2.56. The van der Waals surface area contributed by atoms with Gasteiger partial charge in [0.15, 0.2) is 0 Å². The van der Waals surface area contributed by atoms with Gasteiger partial charge in [0, 0.05) is 5.92 Å². The van der Waals surface area contributed by atoms with Gasteiger partial charge in [-0.3, -0.25) is 4.79 Å². The number of Topliss-reactive ketones (excluding diaryl/α,β-unsaturated/α-hetero) is 1. The molecule has 0 amide bonds. The highest BCUT2D eigenvalue weighted by Gasteiger charge is 2.55. The van der Waals surface area contributed by atoms with E-state index in [0.29, 0.717) is 23.5 Å². The van der Waals surface area contributed by atoms with Crippen molar-refractivity contribution < 1.29 is 4.79 Å². The first-order chi connectivity index (χ1) is 4.30. The second-order valence-electron chi connectivity index (χ2n) is 3.12. The highest BCUT2D eigenvalue weighted by molar-refractivity contribution is 5.82. The van der Waals surface area contributed by atoms with E-state index in [1.54, 1.807) is 6.92 Å². The van der Waals surface area contributed by atoms with Gasteiger partial charge < -0.3 is 5.32 Å². The van der Waals surface area contributed by atoms with Crippen molar-refractivity contribution >= 4 is 5.78 Å². The summed E-state index contributed by atoms with van der Waals surface area (Å²) in [5, 5.41) is 3.25. The summed E-state index contributed by atoms with van der Waals surface area (Å²) in [6, 6.07) is 0. The lowest BCUT2D eigenvalue weighted by Gasteiger charge is -1.97. The average Bonchev–Trinajstić information content (AvgIpc) is 2.30. The van der Waals surface area contributed by atoms with Gasteiger partial charge in [-0.15, -0.1) is 0 Å². The van der Waals surface area contributed by atoms with Crippen LogP contribution in [-0.4, -0.2) is 18.9 Å². The fourth-order valence-electron chi connectivity index (χ4n) is 2.02. The summed E-state index contributed by atoms with van der Waals surface area (Å²) in [7, 11) is 0. The maximum atomic E-state index is 10.8. The molecule has 2 fully saturated rings. The molecule has 1 N–H and O–H groups in total. The highest BCUT2D eigenvalue weighted by atomic mass is 16.1. The number of ketones is 1. The Hall–Kier alpha value is -0.370. The maximum Gasteiger partial charge on any atom is 0.133 e. The number of rotatable bonds is 1. The molecule has 9 heavy (non-hydrogen) atoms. The predicted octanol–water partition coefficient (Wildman–Crippen LogP) is 0.0408. The van der Waals surface area contributed by atoms with Gasteiger partial charge in [-0.2, -0.15) is 0 Å². The summed E-state index contributed by atoms with van der Waals surface area (Å²) < 4.78 is 0. The van der Waals surface area contributed by atoms with E-state index in [-0.39, 0.29) is 0 Å². The van der Waals surface area contributed by atoms with Crippen LogP contribution in [0.3, 0.4) is 0 Å². The molecule has 1 heterocycles. The lowest BCUT2D eigenvalue weighted by atomic mass is 10.2. The van der Waals surface area contributed by atoms with E-state index in [4.69, 9.17) is 0 Å². The van der Waals surface area contributed by atoms with Crippen molar-refractivity contribution in [2.45, 2.75) is 6.92 Å². The molecule has 50 valence electrons. The summed E-state index contributed by atoms with van der Waals surface area (Å²) in [4.78, 5) is 10.8. The third kappa shape index (κ3) is 0.628. The van der Waals surface area contributed by atoms with E-state index in [2.05, 4.69) is 5.32 Å². The van der Waals surface area contributed by atoms with Crippen LogP contribution >= 0.6 is 0 Å². The topological polar surface area (TPSA) is 29.1 Å². The molecule has 1 aliphatic carbocycles. The Kier molecular flexibility index (Phi) is 0.943. The van der Waals surface area contributed by atoms with Gasteiger partial charge in [0.25, 0.3) is 0 Å². The minimum atomic E-state index is 0.395. The zero-order chi connectivity index (χ0) is 6.43. The Morgan fingerprint density at radius 2 is 2.00 bits per heavy atom. The van der Waals surface area contributed by atoms with Gasteiger partial charge in [0.2, 0.25) is 0 Å². The molecule has 1 saturated heterocycles. The summed E-state index contributed by atoms with van der Waals surface area (Å²) in [6.07, 6.45) is 0. The Morgan fingerprint density at radius 3 is 2.33 bits per heavy atom. The first-order valence-corrected chi connectivity index (χ1v) is 3.52. The van der Waals surface area contributed by atoms with Crippen LogP contribution in [0.2, 0.25) is 0 Å². The number of carbonyl (C=O) groups is 1. The Morgan fingerprint density at radius 1 is 1.44 bits per heavy atom. The first-order valence-electron chi connectivity index (χ1n) is 3.52. The fraction of sp³-hybridized carbons (Fsp3) is 0.857. The van der Waals surface area contributed by atoms with E-state index in [9.17, 15) is 4.79 Å². The second kappa shape index (κ2) is 1.57. The zero-order valence-electron chi connectivity index (χ0n) is 5.55. The van der Waals surface area contributed by atoms with Gasteiger partial charge in [-0.1, -0.05) is 0 Å². The molecule has 2 rings (SSSR count). The Balaban J connectivity index is 2.02. The van der Waals surface area contributed by atoms with E-state index in [0.717, 1.165) is 13.1 Å². The van der Waals surface area contributed by atoms with Gasteiger partial charge >= 0.3 is 0 Å². The molecule has 0 radical (unpaired) electrons. The van der Waals surface area contributed by atoms with E-state index in [1.165, 1.54) is 0 Å². The molecule has 0 bridgehead atoms. The normalized spacial score (nSPS) is 46.6. The molecule has 3 atom stereocenters. The number of fused-ring (bicyclic) bond motifs is 1. The van der Waals surface area contributed by atoms with Gasteiger partial charge in [0.1, 0.15) is 5.78 Å². The molecule has 1 aliphatic heterocycles. The summed E-state index contributed by atoms with van der Waals surface area (Å²) >= 11 is 0. The van der Waals surface area contributed by atoms with Crippen LogP contribution in [0.1, 0.15) is 6.92 Å². The van der Waals surface area contributed by atoms with Gasteiger partial charge in [-0.05, 0) is 31.8 Å². The predicted molar refractivity (Wildman–Crippen MR) is 34.0 cm³/mol. The molecule has 0 aromatic rings. The highest BCUT2D eigenvalue weighted by Crippen LogP contribution is 2.48. The van der Waals surface area contributed by atoms with Crippen molar-refractivity contribution in [3.05, 3.63) is 0 Å². The molecule has 1 saturated carbocycles. The van der Waals surface area contributed by atoms with Crippen molar-refractivity contribution in [3.63, 3.8) is 0 Å². The number of hydrogen-bond acceptors (Lipinski definition) is 2. The molecule has 2 nitrogen and oxygen atoms in total. The van der Waals surface area contributed by atoms with Crippen molar-refractivity contribution in [1.82, 2.24) is 5.32 Å². The number of nitrogens with one attached hydrogen (secondary N) is 1. The molecular weight excluding hydrogens is 114 g/mol. The van der Waals surface area contributed by atoms with E-state index < -0.39 is 0 Å². The summed E-state index contributed by atoms with van der Waals surface area (Å²) in [5.74, 6) is 2.25. The molecule has 0 aromatic carbocycles. The monoisotopic (exact) mass is 125 g/mol. The third-order valence-electron chi connectivity index (χ3n) is 2.56. The van der Waals surface area contributed by atoms with Crippen molar-refractivity contribution in [2.24, 2.45) is 17.8 Å². The lowest BCUT2D eigenvalue weighted by molar-refractivity contribution is -0.118. The van der Waals surface area contributed by atoms with Crippen LogP contribution in [0.4, 0.5) is 0 Å². The van der Waals surface area contributed by atoms with E-state index in [1.807, 2.05) is 0 Å². The smallest absolute Gasteiger partial charge is 0.133 e. The largest absolute Gasteiger partial charge is 0.316 e.